The molecular weight excluding hydrogens is 269 g/mol. The van der Waals surface area contributed by atoms with Crippen molar-refractivity contribution in [2.24, 2.45) is 0 Å². The molecule has 0 unspecified atom stereocenters. The maximum atomic E-state index is 12.3. The molecule has 0 spiro atoms. The normalized spacial score (nSPS) is 15.7. The van der Waals surface area contributed by atoms with Gasteiger partial charge in [-0.25, -0.2) is 4.39 Å². The lowest BCUT2D eigenvalue weighted by Gasteiger charge is -2.08. The first kappa shape index (κ1) is 14.1. The fourth-order valence-corrected chi connectivity index (χ4v) is 2.91. The number of aromatic nitrogens is 4. The third-order valence-corrected chi connectivity index (χ3v) is 4.15. The van der Waals surface area contributed by atoms with Gasteiger partial charge in [0.2, 0.25) is 0 Å². The number of nitrogens with one attached hydrogen (secondary N) is 1. The maximum absolute atomic E-state index is 12.3. The molecule has 0 atom stereocenters. The third kappa shape index (κ3) is 3.25. The van der Waals surface area contributed by atoms with Crippen molar-refractivity contribution >= 4 is 5.69 Å². The summed E-state index contributed by atoms with van der Waals surface area (Å²) in [4.78, 5) is 0. The van der Waals surface area contributed by atoms with Gasteiger partial charge in [0.15, 0.2) is 0 Å². The van der Waals surface area contributed by atoms with Crippen molar-refractivity contribution in [3.05, 3.63) is 29.8 Å². The number of aryl methyl sites for hydroxylation is 2. The van der Waals surface area contributed by atoms with Crippen molar-refractivity contribution in [1.82, 2.24) is 19.6 Å². The van der Waals surface area contributed by atoms with E-state index >= 15 is 0 Å². The number of hydrogen-bond acceptors (Lipinski definition) is 3. The Balaban J connectivity index is 1.61. The van der Waals surface area contributed by atoms with E-state index < -0.39 is 6.67 Å². The molecule has 2 aromatic rings. The van der Waals surface area contributed by atoms with Crippen LogP contribution in [0.5, 0.6) is 0 Å². The van der Waals surface area contributed by atoms with Gasteiger partial charge in [0, 0.05) is 24.5 Å². The predicted octanol–water partition coefficient (Wildman–Crippen LogP) is 3.08. The SMILES string of the molecule is Cc1nn(C2CCCC2)cc1CNc1cnn(CCF)c1. The first-order valence-corrected chi connectivity index (χ1v) is 7.63. The number of hydrogen-bond donors (Lipinski definition) is 1. The monoisotopic (exact) mass is 291 g/mol. The third-order valence-electron chi connectivity index (χ3n) is 4.15. The number of nitrogens with zero attached hydrogens (tertiary/aromatic N) is 4. The van der Waals surface area contributed by atoms with Crippen LogP contribution in [0.1, 0.15) is 43.0 Å². The fourth-order valence-electron chi connectivity index (χ4n) is 2.91. The van der Waals surface area contributed by atoms with E-state index in [1.54, 1.807) is 10.9 Å². The van der Waals surface area contributed by atoms with Gasteiger partial charge in [-0.3, -0.25) is 9.36 Å². The molecule has 1 aliphatic rings. The lowest BCUT2D eigenvalue weighted by molar-refractivity contribution is 0.427. The Labute approximate surface area is 124 Å². The van der Waals surface area contributed by atoms with Gasteiger partial charge in [-0.05, 0) is 19.8 Å². The largest absolute Gasteiger partial charge is 0.378 e. The second kappa shape index (κ2) is 6.28. The van der Waals surface area contributed by atoms with Crippen molar-refractivity contribution in [3.8, 4) is 0 Å². The number of rotatable bonds is 6. The number of anilines is 1. The van der Waals surface area contributed by atoms with E-state index in [1.165, 1.54) is 31.2 Å². The van der Waals surface area contributed by atoms with E-state index in [-0.39, 0.29) is 0 Å². The summed E-state index contributed by atoms with van der Waals surface area (Å²) in [5.74, 6) is 0. The molecule has 2 heterocycles. The Kier molecular flexibility index (Phi) is 4.22. The summed E-state index contributed by atoms with van der Waals surface area (Å²) < 4.78 is 16.0. The Morgan fingerprint density at radius 1 is 1.33 bits per heavy atom. The molecule has 6 heteroatoms. The van der Waals surface area contributed by atoms with Crippen molar-refractivity contribution in [1.29, 1.82) is 0 Å². The summed E-state index contributed by atoms with van der Waals surface area (Å²) in [5, 5.41) is 12.1. The van der Waals surface area contributed by atoms with Crippen LogP contribution in [0, 0.1) is 6.92 Å². The van der Waals surface area contributed by atoms with Crippen LogP contribution in [-0.4, -0.2) is 26.2 Å². The van der Waals surface area contributed by atoms with Crippen LogP contribution in [-0.2, 0) is 13.1 Å². The van der Waals surface area contributed by atoms with Gasteiger partial charge in [0.1, 0.15) is 6.67 Å². The highest BCUT2D eigenvalue weighted by Crippen LogP contribution is 2.29. The highest BCUT2D eigenvalue weighted by atomic mass is 19.1. The molecule has 21 heavy (non-hydrogen) atoms. The van der Waals surface area contributed by atoms with Crippen LogP contribution >= 0.6 is 0 Å². The molecule has 114 valence electrons. The quantitative estimate of drug-likeness (QED) is 0.889. The van der Waals surface area contributed by atoms with Crippen LogP contribution in [0.3, 0.4) is 0 Å². The Hall–Kier alpha value is -1.85. The summed E-state index contributed by atoms with van der Waals surface area (Å²) in [6, 6.07) is 0.574. The van der Waals surface area contributed by atoms with Gasteiger partial charge in [0.25, 0.3) is 0 Å². The Morgan fingerprint density at radius 2 is 2.14 bits per heavy atom. The van der Waals surface area contributed by atoms with Gasteiger partial charge in [0.05, 0.1) is 30.2 Å². The van der Waals surface area contributed by atoms with E-state index in [9.17, 15) is 4.39 Å². The number of alkyl halides is 1. The van der Waals surface area contributed by atoms with Crippen molar-refractivity contribution in [2.45, 2.75) is 51.7 Å². The van der Waals surface area contributed by atoms with Crippen molar-refractivity contribution < 1.29 is 4.39 Å². The molecule has 0 saturated heterocycles. The molecule has 0 amide bonds. The first-order valence-electron chi connectivity index (χ1n) is 7.63. The zero-order chi connectivity index (χ0) is 14.7. The molecular formula is C15H22FN5. The van der Waals surface area contributed by atoms with Crippen LogP contribution in [0.15, 0.2) is 18.6 Å². The lowest BCUT2D eigenvalue weighted by Crippen LogP contribution is -2.05. The second-order valence-electron chi connectivity index (χ2n) is 5.69. The van der Waals surface area contributed by atoms with Crippen LogP contribution in [0.4, 0.5) is 10.1 Å². The summed E-state index contributed by atoms with van der Waals surface area (Å²) in [6.07, 6.45) is 10.8. The molecule has 1 aliphatic carbocycles. The summed E-state index contributed by atoms with van der Waals surface area (Å²) in [5.41, 5.74) is 3.20. The number of halogens is 1. The van der Waals surface area contributed by atoms with Gasteiger partial charge in [-0.1, -0.05) is 12.8 Å². The lowest BCUT2D eigenvalue weighted by atomic mass is 10.2. The molecule has 1 fully saturated rings. The van der Waals surface area contributed by atoms with Gasteiger partial charge in [-0.15, -0.1) is 0 Å². The van der Waals surface area contributed by atoms with Crippen molar-refractivity contribution in [3.63, 3.8) is 0 Å². The van der Waals surface area contributed by atoms with Gasteiger partial charge >= 0.3 is 0 Å². The minimum Gasteiger partial charge on any atom is -0.378 e. The predicted molar refractivity (Wildman–Crippen MR) is 80.0 cm³/mol. The smallest absolute Gasteiger partial charge is 0.109 e. The molecule has 2 aromatic heterocycles. The van der Waals surface area contributed by atoms with Crippen LogP contribution in [0.2, 0.25) is 0 Å². The summed E-state index contributed by atoms with van der Waals surface area (Å²) >= 11 is 0. The maximum Gasteiger partial charge on any atom is 0.109 e. The summed E-state index contributed by atoms with van der Waals surface area (Å²) in [7, 11) is 0. The highest BCUT2D eigenvalue weighted by Gasteiger charge is 2.18. The molecule has 0 aliphatic heterocycles. The standard InChI is InChI=1S/C15H22FN5/c1-12-13(10-21(19-12)15-4-2-3-5-15)8-17-14-9-18-20(11-14)7-6-16/h9-11,15,17H,2-8H2,1H3. The molecule has 0 radical (unpaired) electrons. The molecule has 0 aromatic carbocycles. The van der Waals surface area contributed by atoms with Crippen molar-refractivity contribution in [2.75, 3.05) is 12.0 Å². The Bertz CT molecular complexity index is 583. The molecule has 1 N–H and O–H groups in total. The first-order chi connectivity index (χ1) is 10.3. The van der Waals surface area contributed by atoms with E-state index in [0.717, 1.165) is 17.9 Å². The second-order valence-corrected chi connectivity index (χ2v) is 5.69. The van der Waals surface area contributed by atoms with E-state index in [1.807, 2.05) is 6.20 Å². The molecule has 0 bridgehead atoms. The van der Waals surface area contributed by atoms with E-state index in [0.29, 0.717) is 12.6 Å². The average Bonchev–Trinajstić information content (AvgIpc) is 3.17. The zero-order valence-electron chi connectivity index (χ0n) is 12.4. The molecule has 5 nitrogen and oxygen atoms in total. The van der Waals surface area contributed by atoms with Crippen LogP contribution < -0.4 is 5.32 Å². The topological polar surface area (TPSA) is 47.7 Å². The van der Waals surface area contributed by atoms with Gasteiger partial charge in [-0.2, -0.15) is 10.2 Å². The summed E-state index contributed by atoms with van der Waals surface area (Å²) in [6.45, 7) is 2.68. The highest BCUT2D eigenvalue weighted by molar-refractivity contribution is 5.39. The minimum absolute atomic E-state index is 0.306. The van der Waals surface area contributed by atoms with E-state index in [2.05, 4.69) is 33.3 Å². The van der Waals surface area contributed by atoms with Crippen LogP contribution in [0.25, 0.3) is 0 Å². The van der Waals surface area contributed by atoms with E-state index in [4.69, 9.17) is 0 Å². The molecule has 1 saturated carbocycles. The van der Waals surface area contributed by atoms with Gasteiger partial charge < -0.3 is 5.32 Å². The fraction of sp³-hybridized carbons (Fsp3) is 0.600. The zero-order valence-corrected chi connectivity index (χ0v) is 12.4. The Morgan fingerprint density at radius 3 is 2.90 bits per heavy atom. The molecule has 3 rings (SSSR count). The minimum atomic E-state index is -0.394. The average molecular weight is 291 g/mol.